The van der Waals surface area contributed by atoms with Crippen LogP contribution in [-0.4, -0.2) is 39.6 Å². The quantitative estimate of drug-likeness (QED) is 0.304. The Morgan fingerprint density at radius 2 is 1.65 bits per heavy atom. The summed E-state index contributed by atoms with van der Waals surface area (Å²) in [6.07, 6.45) is -0.611. The molecule has 2 aliphatic rings. The number of nitrogens with zero attached hydrogens (tertiary/aromatic N) is 1. The third-order valence-electron chi connectivity index (χ3n) is 5.27. The molecule has 2 heterocycles. The number of aliphatic hydroxyl groups excluding tert-OH is 1. The number of aliphatic hydroxyl groups is 1. The Morgan fingerprint density at radius 3 is 2.13 bits per heavy atom. The van der Waals surface area contributed by atoms with Gasteiger partial charge in [0.15, 0.2) is 6.10 Å². The van der Waals surface area contributed by atoms with Crippen molar-refractivity contribution < 1.29 is 63.5 Å². The molecule has 0 aromatic heterocycles. The molecule has 1 fully saturated rings. The van der Waals surface area contributed by atoms with Crippen LogP contribution in [0.4, 0.5) is 0 Å². The number of thioether (sulfide) groups is 1. The number of amides is 1. The second kappa shape index (κ2) is 10.5. The van der Waals surface area contributed by atoms with E-state index in [2.05, 4.69) is 0 Å². The fourth-order valence-corrected chi connectivity index (χ4v) is 5.21. The first-order valence-electron chi connectivity index (χ1n) is 9.79. The van der Waals surface area contributed by atoms with Gasteiger partial charge in [0.2, 0.25) is 0 Å². The smallest absolute Gasteiger partial charge is 0.356 e. The molecule has 1 N–H and O–H groups in total. The molecule has 2 aromatic carbocycles. The van der Waals surface area contributed by atoms with Gasteiger partial charge in [-0.3, -0.25) is 9.69 Å². The molecule has 0 spiro atoms. The number of fused-ring (bicyclic) bond motifs is 1. The summed E-state index contributed by atoms with van der Waals surface area (Å²) in [6, 6.07) is 19.0. The van der Waals surface area contributed by atoms with Crippen LogP contribution in [0.5, 0.6) is 0 Å². The molecular formula is C24H23AcNO4S. The van der Waals surface area contributed by atoms with Gasteiger partial charge in [-0.15, -0.1) is 11.8 Å². The third kappa shape index (κ3) is 4.71. The van der Waals surface area contributed by atoms with Crippen LogP contribution in [0.15, 0.2) is 83.1 Å². The van der Waals surface area contributed by atoms with Crippen molar-refractivity contribution in [2.24, 2.45) is 0 Å². The van der Waals surface area contributed by atoms with E-state index in [1.807, 2.05) is 74.5 Å². The first kappa shape index (κ1) is 24.3. The topological polar surface area (TPSA) is 66.8 Å². The molecule has 0 bridgehead atoms. The number of hydrogen-bond donors (Lipinski definition) is 1. The molecule has 31 heavy (non-hydrogen) atoms. The Hall–Kier alpha value is -1.39. The molecule has 2 aromatic rings. The molecule has 0 aliphatic carbocycles. The minimum atomic E-state index is -0.611. The second-order valence-corrected chi connectivity index (χ2v) is 8.54. The van der Waals surface area contributed by atoms with Crippen molar-refractivity contribution in [2.75, 3.05) is 12.4 Å². The number of carbonyl (C=O) groups excluding carboxylic acids is 2. The van der Waals surface area contributed by atoms with Crippen LogP contribution in [0.25, 0.3) is 0 Å². The van der Waals surface area contributed by atoms with E-state index in [-0.39, 0.29) is 67.6 Å². The van der Waals surface area contributed by atoms with Crippen LogP contribution in [0, 0.1) is 44.1 Å². The van der Waals surface area contributed by atoms with Gasteiger partial charge >= 0.3 is 5.97 Å². The molecule has 4 rings (SSSR count). The number of benzene rings is 2. The van der Waals surface area contributed by atoms with Gasteiger partial charge in [0.1, 0.15) is 11.1 Å². The van der Waals surface area contributed by atoms with Gasteiger partial charge in [0.25, 0.3) is 5.91 Å². The summed E-state index contributed by atoms with van der Waals surface area (Å²) in [5.74, 6) is -0.308. The summed E-state index contributed by atoms with van der Waals surface area (Å²) in [5.41, 5.74) is 4.04. The van der Waals surface area contributed by atoms with Crippen LogP contribution in [-0.2, 0) is 14.3 Å². The number of allylic oxidation sites excluding steroid dienone is 1. The predicted molar refractivity (Wildman–Crippen MR) is 116 cm³/mol. The van der Waals surface area contributed by atoms with E-state index in [9.17, 15) is 14.7 Å². The summed E-state index contributed by atoms with van der Waals surface area (Å²) >= 11 is 1.54. The Morgan fingerprint density at radius 1 is 1.10 bits per heavy atom. The van der Waals surface area contributed by atoms with E-state index < -0.39 is 12.1 Å². The molecule has 1 unspecified atom stereocenters. The molecule has 1 radical (unpaired) electrons. The summed E-state index contributed by atoms with van der Waals surface area (Å²) in [5, 5.41) is 9.64. The average Bonchev–Trinajstić information content (AvgIpc) is 2.77. The second-order valence-electron chi connectivity index (χ2n) is 7.47. The van der Waals surface area contributed by atoms with E-state index in [0.717, 1.165) is 22.3 Å². The standard InChI is InChI=1S/C24H23NO4S.Ac/c1-15(2)19-22(27)25-20(18(13-26)14-30-23(19)25)24(28)29-21(16-9-5-3-6-10-16)17-11-7-4-8-12-17;/h3-12,21,23,26H,13-14H2,1-2H3;. The first-order chi connectivity index (χ1) is 14.5. The van der Waals surface area contributed by atoms with E-state index in [1.165, 1.54) is 4.90 Å². The van der Waals surface area contributed by atoms with Crippen LogP contribution < -0.4 is 0 Å². The Kier molecular flexibility index (Phi) is 8.20. The van der Waals surface area contributed by atoms with E-state index in [0.29, 0.717) is 11.3 Å². The maximum absolute atomic E-state index is 13.3. The first-order valence-corrected chi connectivity index (χ1v) is 10.8. The van der Waals surface area contributed by atoms with Gasteiger partial charge in [-0.1, -0.05) is 66.2 Å². The number of ether oxygens (including phenoxy) is 1. The molecule has 0 saturated carbocycles. The zero-order chi connectivity index (χ0) is 21.3. The molecule has 2 aliphatic heterocycles. The third-order valence-corrected chi connectivity index (χ3v) is 6.55. The number of rotatable bonds is 5. The van der Waals surface area contributed by atoms with E-state index >= 15 is 0 Å². The van der Waals surface area contributed by atoms with Crippen LogP contribution >= 0.6 is 11.8 Å². The SMILES string of the molecule is CC(C)=C1C(=O)N2C(C(=O)OC(c3ccccc3)c3ccccc3)=C(CO)CSC12.[Ac]. The number of hydrogen-bond acceptors (Lipinski definition) is 5. The number of carbonyl (C=O) groups is 2. The Balaban J connectivity index is 0.00000272. The van der Waals surface area contributed by atoms with Crippen molar-refractivity contribution in [3.05, 3.63) is 94.2 Å². The molecule has 7 heteroatoms. The largest absolute Gasteiger partial charge is 0.448 e. The fourth-order valence-electron chi connectivity index (χ4n) is 3.77. The zero-order valence-electron chi connectivity index (χ0n) is 17.4. The summed E-state index contributed by atoms with van der Waals surface area (Å²) in [7, 11) is 0. The fraction of sp³-hybridized carbons (Fsp3) is 0.250. The summed E-state index contributed by atoms with van der Waals surface area (Å²) in [4.78, 5) is 27.6. The Bertz CT molecular complexity index is 993. The summed E-state index contributed by atoms with van der Waals surface area (Å²) < 4.78 is 5.96. The predicted octanol–water partition coefficient (Wildman–Crippen LogP) is 3.82. The van der Waals surface area contributed by atoms with Crippen LogP contribution in [0.3, 0.4) is 0 Å². The Labute approximate surface area is 222 Å². The number of β-lactam (4-membered cyclic amide) rings is 1. The van der Waals surface area contributed by atoms with Crippen LogP contribution in [0.1, 0.15) is 31.1 Å². The molecule has 5 nitrogen and oxygen atoms in total. The van der Waals surface area contributed by atoms with Gasteiger partial charge in [-0.2, -0.15) is 0 Å². The maximum atomic E-state index is 13.3. The molecular weight excluding hydrogens is 625 g/mol. The van der Waals surface area contributed by atoms with Crippen molar-refractivity contribution in [3.8, 4) is 0 Å². The minimum absolute atomic E-state index is 0. The van der Waals surface area contributed by atoms with Crippen molar-refractivity contribution in [1.29, 1.82) is 0 Å². The maximum Gasteiger partial charge on any atom is 0.356 e. The molecule has 1 saturated heterocycles. The zero-order valence-corrected chi connectivity index (χ0v) is 23.0. The summed E-state index contributed by atoms with van der Waals surface area (Å²) in [6.45, 7) is 3.50. The van der Waals surface area contributed by atoms with E-state index in [1.54, 1.807) is 11.8 Å². The number of esters is 1. The average molecular weight is 649 g/mol. The van der Waals surface area contributed by atoms with Gasteiger partial charge < -0.3 is 9.84 Å². The van der Waals surface area contributed by atoms with Crippen molar-refractivity contribution in [3.63, 3.8) is 0 Å². The van der Waals surface area contributed by atoms with Gasteiger partial charge in [0, 0.05) is 55.4 Å². The molecule has 1 amide bonds. The van der Waals surface area contributed by atoms with Crippen molar-refractivity contribution in [1.82, 2.24) is 4.90 Å². The van der Waals surface area contributed by atoms with Gasteiger partial charge in [-0.05, 0) is 30.5 Å². The van der Waals surface area contributed by atoms with E-state index in [4.69, 9.17) is 4.74 Å². The van der Waals surface area contributed by atoms with Gasteiger partial charge in [-0.25, -0.2) is 4.79 Å². The van der Waals surface area contributed by atoms with Gasteiger partial charge in [0.05, 0.1) is 6.61 Å². The van der Waals surface area contributed by atoms with Crippen LogP contribution in [0.2, 0.25) is 0 Å². The molecule has 157 valence electrons. The van der Waals surface area contributed by atoms with Crippen molar-refractivity contribution in [2.45, 2.75) is 25.3 Å². The minimum Gasteiger partial charge on any atom is -0.448 e. The van der Waals surface area contributed by atoms with Crippen molar-refractivity contribution >= 4 is 23.6 Å². The molecule has 1 atom stereocenters. The monoisotopic (exact) mass is 648 g/mol. The normalized spacial score (nSPS) is 17.7.